The predicted octanol–water partition coefficient (Wildman–Crippen LogP) is 4.10. The van der Waals surface area contributed by atoms with Crippen molar-refractivity contribution in [2.75, 3.05) is 24.5 Å². The van der Waals surface area contributed by atoms with E-state index in [0.29, 0.717) is 6.04 Å². The summed E-state index contributed by atoms with van der Waals surface area (Å²) < 4.78 is 0. The van der Waals surface area contributed by atoms with Gasteiger partial charge in [0.05, 0.1) is 0 Å². The maximum atomic E-state index is 3.63. The Hall–Kier alpha value is -1.02. The van der Waals surface area contributed by atoms with E-state index in [1.54, 1.807) is 0 Å². The number of rotatable bonds is 6. The lowest BCUT2D eigenvalue weighted by atomic mass is 9.88. The van der Waals surface area contributed by atoms with Crippen molar-refractivity contribution in [2.45, 2.75) is 53.5 Å². The van der Waals surface area contributed by atoms with E-state index in [1.807, 2.05) is 0 Å². The molecular formula is C19H32N2. The van der Waals surface area contributed by atoms with E-state index in [-0.39, 0.29) is 5.41 Å². The van der Waals surface area contributed by atoms with Crippen molar-refractivity contribution in [1.29, 1.82) is 0 Å². The molecule has 1 atom stereocenters. The zero-order valence-electron chi connectivity index (χ0n) is 14.4. The largest absolute Gasteiger partial charge is 0.368 e. The molecule has 1 aliphatic rings. The van der Waals surface area contributed by atoms with Gasteiger partial charge < -0.3 is 10.2 Å². The van der Waals surface area contributed by atoms with Crippen LogP contribution in [0.3, 0.4) is 0 Å². The van der Waals surface area contributed by atoms with Crippen LogP contribution in [0.4, 0.5) is 5.69 Å². The van der Waals surface area contributed by atoms with Crippen molar-refractivity contribution < 1.29 is 0 Å². The average Bonchev–Trinajstić information content (AvgIpc) is 2.41. The first kappa shape index (κ1) is 16.4. The van der Waals surface area contributed by atoms with Crippen LogP contribution in [0.25, 0.3) is 0 Å². The Balaban J connectivity index is 2.03. The molecule has 1 N–H and O–H groups in total. The van der Waals surface area contributed by atoms with Crippen LogP contribution in [0.5, 0.6) is 0 Å². The molecule has 1 unspecified atom stereocenters. The second-order valence-electron chi connectivity index (χ2n) is 7.83. The van der Waals surface area contributed by atoms with Crippen LogP contribution in [0, 0.1) is 11.3 Å². The Labute approximate surface area is 130 Å². The third kappa shape index (κ3) is 4.47. The van der Waals surface area contributed by atoms with Crippen molar-refractivity contribution in [1.82, 2.24) is 5.32 Å². The van der Waals surface area contributed by atoms with Gasteiger partial charge in [-0.05, 0) is 49.3 Å². The highest BCUT2D eigenvalue weighted by Crippen LogP contribution is 2.33. The van der Waals surface area contributed by atoms with Crippen molar-refractivity contribution in [2.24, 2.45) is 11.3 Å². The SMILES string of the molecule is CC(C)CNCC(C)(C)CN1c2ccccc2CCC1C. The molecule has 1 aromatic carbocycles. The van der Waals surface area contributed by atoms with Gasteiger partial charge >= 0.3 is 0 Å². The molecule has 0 spiro atoms. The highest BCUT2D eigenvalue weighted by molar-refractivity contribution is 5.56. The fourth-order valence-corrected chi connectivity index (χ4v) is 3.22. The van der Waals surface area contributed by atoms with Gasteiger partial charge in [-0.3, -0.25) is 0 Å². The Bertz CT molecular complexity index is 451. The number of anilines is 1. The molecule has 0 aliphatic carbocycles. The summed E-state index contributed by atoms with van der Waals surface area (Å²) in [4.78, 5) is 2.62. The Morgan fingerprint density at radius 2 is 2.00 bits per heavy atom. The summed E-state index contributed by atoms with van der Waals surface area (Å²) in [7, 11) is 0. The van der Waals surface area contributed by atoms with Gasteiger partial charge in [0.2, 0.25) is 0 Å². The van der Waals surface area contributed by atoms with Crippen LogP contribution < -0.4 is 10.2 Å². The molecule has 1 aromatic rings. The minimum absolute atomic E-state index is 0.285. The third-order valence-corrected chi connectivity index (χ3v) is 4.42. The molecule has 118 valence electrons. The summed E-state index contributed by atoms with van der Waals surface area (Å²) in [5.41, 5.74) is 3.25. The zero-order chi connectivity index (χ0) is 15.5. The average molecular weight is 288 g/mol. The standard InChI is InChI=1S/C19H32N2/c1-15(2)12-20-13-19(4,5)14-21-16(3)10-11-17-8-6-7-9-18(17)21/h6-9,15-16,20H,10-14H2,1-5H3. The molecule has 0 fully saturated rings. The number of fused-ring (bicyclic) bond motifs is 1. The molecule has 21 heavy (non-hydrogen) atoms. The van der Waals surface area contributed by atoms with E-state index in [4.69, 9.17) is 0 Å². The lowest BCUT2D eigenvalue weighted by Crippen LogP contribution is -2.46. The van der Waals surface area contributed by atoms with Crippen LogP contribution in [0.15, 0.2) is 24.3 Å². The Kier molecular flexibility index (Phi) is 5.32. The molecule has 0 saturated carbocycles. The van der Waals surface area contributed by atoms with Gasteiger partial charge in [-0.2, -0.15) is 0 Å². The molecular weight excluding hydrogens is 256 g/mol. The molecule has 0 amide bonds. The first-order valence-corrected chi connectivity index (χ1v) is 8.44. The molecule has 2 nitrogen and oxygen atoms in total. The maximum absolute atomic E-state index is 3.63. The van der Waals surface area contributed by atoms with Gasteiger partial charge in [-0.15, -0.1) is 0 Å². The van der Waals surface area contributed by atoms with Gasteiger partial charge in [0.25, 0.3) is 0 Å². The lowest BCUT2D eigenvalue weighted by Gasteiger charge is -2.42. The van der Waals surface area contributed by atoms with Crippen LogP contribution in [0.2, 0.25) is 0 Å². The molecule has 0 aromatic heterocycles. The molecule has 0 radical (unpaired) electrons. The van der Waals surface area contributed by atoms with E-state index in [2.05, 4.69) is 69.1 Å². The van der Waals surface area contributed by atoms with E-state index < -0.39 is 0 Å². The fraction of sp³-hybridized carbons (Fsp3) is 0.684. The van der Waals surface area contributed by atoms with Crippen molar-refractivity contribution in [3.05, 3.63) is 29.8 Å². The number of nitrogens with zero attached hydrogens (tertiary/aromatic N) is 1. The first-order valence-electron chi connectivity index (χ1n) is 8.44. The van der Waals surface area contributed by atoms with Crippen LogP contribution in [-0.2, 0) is 6.42 Å². The number of benzene rings is 1. The summed E-state index contributed by atoms with van der Waals surface area (Å²) in [5.74, 6) is 0.718. The number of para-hydroxylation sites is 1. The number of hydrogen-bond acceptors (Lipinski definition) is 2. The second-order valence-corrected chi connectivity index (χ2v) is 7.83. The van der Waals surface area contributed by atoms with Crippen LogP contribution in [0.1, 0.15) is 46.6 Å². The summed E-state index contributed by atoms with van der Waals surface area (Å²) in [6.07, 6.45) is 2.49. The van der Waals surface area contributed by atoms with Gasteiger partial charge in [-0.25, -0.2) is 0 Å². The van der Waals surface area contributed by atoms with Crippen molar-refractivity contribution in [3.8, 4) is 0 Å². The van der Waals surface area contributed by atoms with Crippen molar-refractivity contribution in [3.63, 3.8) is 0 Å². The van der Waals surface area contributed by atoms with E-state index >= 15 is 0 Å². The number of hydrogen-bond donors (Lipinski definition) is 1. The van der Waals surface area contributed by atoms with E-state index in [1.165, 1.54) is 24.1 Å². The third-order valence-electron chi connectivity index (χ3n) is 4.42. The molecule has 2 heteroatoms. The van der Waals surface area contributed by atoms with Crippen molar-refractivity contribution >= 4 is 5.69 Å². The quantitative estimate of drug-likeness (QED) is 0.848. The molecule has 0 bridgehead atoms. The zero-order valence-corrected chi connectivity index (χ0v) is 14.4. The van der Waals surface area contributed by atoms with Gasteiger partial charge in [-0.1, -0.05) is 45.9 Å². The molecule has 1 heterocycles. The van der Waals surface area contributed by atoms with Crippen LogP contribution in [-0.4, -0.2) is 25.7 Å². The first-order chi connectivity index (χ1) is 9.89. The lowest BCUT2D eigenvalue weighted by molar-refractivity contribution is 0.320. The summed E-state index contributed by atoms with van der Waals surface area (Å²) >= 11 is 0. The molecule has 2 rings (SSSR count). The maximum Gasteiger partial charge on any atom is 0.0401 e. The fourth-order valence-electron chi connectivity index (χ4n) is 3.22. The molecule has 1 aliphatic heterocycles. The smallest absolute Gasteiger partial charge is 0.0401 e. The topological polar surface area (TPSA) is 15.3 Å². The second kappa shape index (κ2) is 6.83. The van der Waals surface area contributed by atoms with Gasteiger partial charge in [0.15, 0.2) is 0 Å². The number of nitrogens with one attached hydrogen (secondary N) is 1. The predicted molar refractivity (Wildman–Crippen MR) is 93.1 cm³/mol. The Morgan fingerprint density at radius 3 is 2.71 bits per heavy atom. The highest BCUT2D eigenvalue weighted by atomic mass is 15.2. The normalized spacial score (nSPS) is 19.0. The minimum atomic E-state index is 0.285. The van der Waals surface area contributed by atoms with E-state index in [9.17, 15) is 0 Å². The summed E-state index contributed by atoms with van der Waals surface area (Å²) in [6, 6.07) is 9.57. The van der Waals surface area contributed by atoms with E-state index in [0.717, 1.165) is 25.6 Å². The minimum Gasteiger partial charge on any atom is -0.368 e. The monoisotopic (exact) mass is 288 g/mol. The molecule has 0 saturated heterocycles. The van der Waals surface area contributed by atoms with Gasteiger partial charge in [0, 0.05) is 24.8 Å². The van der Waals surface area contributed by atoms with Gasteiger partial charge in [0.1, 0.15) is 0 Å². The highest BCUT2D eigenvalue weighted by Gasteiger charge is 2.28. The van der Waals surface area contributed by atoms with Crippen LogP contribution >= 0.6 is 0 Å². The number of aryl methyl sites for hydroxylation is 1. The summed E-state index contributed by atoms with van der Waals surface area (Å²) in [6.45, 7) is 15.0. The summed E-state index contributed by atoms with van der Waals surface area (Å²) in [5, 5.41) is 3.63. The Morgan fingerprint density at radius 1 is 1.29 bits per heavy atom.